The SMILES string of the molecule is CCc1c2cc(C(F)(F)F)ccc2n2cc(Cc3ccccc3)[nH]c(=O)c12. The number of benzene rings is 2. The molecule has 1 N–H and O–H groups in total. The normalized spacial score (nSPS) is 12.1. The van der Waals surface area contributed by atoms with Crippen molar-refractivity contribution in [2.45, 2.75) is 25.9 Å². The van der Waals surface area contributed by atoms with Gasteiger partial charge in [0, 0.05) is 23.7 Å². The van der Waals surface area contributed by atoms with Crippen LogP contribution in [0.25, 0.3) is 16.4 Å². The molecule has 0 saturated carbocycles. The Kier molecular flexibility index (Phi) is 4.06. The number of aromatic amines is 1. The van der Waals surface area contributed by atoms with Crippen molar-refractivity contribution in [2.24, 2.45) is 0 Å². The fraction of sp³-hybridized carbons (Fsp3) is 0.190. The van der Waals surface area contributed by atoms with Crippen LogP contribution in [0.4, 0.5) is 13.2 Å². The van der Waals surface area contributed by atoms with Crippen LogP contribution < -0.4 is 5.56 Å². The van der Waals surface area contributed by atoms with Crippen LogP contribution >= 0.6 is 0 Å². The number of nitrogens with zero attached hydrogens (tertiary/aromatic N) is 1. The zero-order valence-corrected chi connectivity index (χ0v) is 14.6. The van der Waals surface area contributed by atoms with Crippen molar-refractivity contribution in [2.75, 3.05) is 0 Å². The molecule has 0 aliphatic rings. The largest absolute Gasteiger partial charge is 0.416 e. The molecule has 138 valence electrons. The second-order valence-corrected chi connectivity index (χ2v) is 6.55. The molecule has 27 heavy (non-hydrogen) atoms. The van der Waals surface area contributed by atoms with Crippen LogP contribution in [0.3, 0.4) is 0 Å². The van der Waals surface area contributed by atoms with Gasteiger partial charge in [0.1, 0.15) is 5.52 Å². The van der Waals surface area contributed by atoms with E-state index in [0.29, 0.717) is 40.5 Å². The molecule has 0 atom stereocenters. The second kappa shape index (κ2) is 6.30. The summed E-state index contributed by atoms with van der Waals surface area (Å²) in [6, 6.07) is 13.3. The van der Waals surface area contributed by atoms with Crippen molar-refractivity contribution < 1.29 is 13.2 Å². The maximum Gasteiger partial charge on any atom is 0.416 e. The van der Waals surface area contributed by atoms with E-state index in [1.54, 1.807) is 10.6 Å². The van der Waals surface area contributed by atoms with Gasteiger partial charge in [-0.25, -0.2) is 0 Å². The lowest BCUT2D eigenvalue weighted by atomic mass is 10.1. The summed E-state index contributed by atoms with van der Waals surface area (Å²) in [6.07, 6.45) is -1.61. The van der Waals surface area contributed by atoms with E-state index in [1.165, 1.54) is 6.07 Å². The van der Waals surface area contributed by atoms with Crippen LogP contribution in [0, 0.1) is 0 Å². The third-order valence-corrected chi connectivity index (χ3v) is 4.80. The van der Waals surface area contributed by atoms with E-state index in [0.717, 1.165) is 17.7 Å². The molecule has 0 spiro atoms. The van der Waals surface area contributed by atoms with Crippen LogP contribution in [0.2, 0.25) is 0 Å². The van der Waals surface area contributed by atoms with Gasteiger partial charge in [-0.3, -0.25) is 4.79 Å². The summed E-state index contributed by atoms with van der Waals surface area (Å²) in [7, 11) is 0. The number of H-pyrrole nitrogens is 1. The molecule has 6 heteroatoms. The molecule has 2 heterocycles. The van der Waals surface area contributed by atoms with Gasteiger partial charge in [0.15, 0.2) is 0 Å². The second-order valence-electron chi connectivity index (χ2n) is 6.55. The number of hydrogen-bond donors (Lipinski definition) is 1. The third-order valence-electron chi connectivity index (χ3n) is 4.80. The minimum absolute atomic E-state index is 0.287. The summed E-state index contributed by atoms with van der Waals surface area (Å²) in [5.74, 6) is 0. The van der Waals surface area contributed by atoms with Crippen LogP contribution in [0.1, 0.15) is 29.3 Å². The topological polar surface area (TPSA) is 37.3 Å². The molecule has 0 radical (unpaired) electrons. The molecule has 4 rings (SSSR count). The Bertz CT molecular complexity index is 1190. The number of rotatable bonds is 3. The highest BCUT2D eigenvalue weighted by Crippen LogP contribution is 2.34. The van der Waals surface area contributed by atoms with Gasteiger partial charge in [-0.1, -0.05) is 37.3 Å². The maximum atomic E-state index is 13.1. The van der Waals surface area contributed by atoms with E-state index in [4.69, 9.17) is 0 Å². The summed E-state index contributed by atoms with van der Waals surface area (Å²) in [5, 5.41) is 0.467. The van der Waals surface area contributed by atoms with Crippen LogP contribution in [0.5, 0.6) is 0 Å². The van der Waals surface area contributed by atoms with Gasteiger partial charge in [0.05, 0.1) is 11.1 Å². The smallest absolute Gasteiger partial charge is 0.323 e. The van der Waals surface area contributed by atoms with Crippen molar-refractivity contribution in [3.63, 3.8) is 0 Å². The molecule has 0 amide bonds. The number of nitrogens with one attached hydrogen (secondary N) is 1. The van der Waals surface area contributed by atoms with E-state index in [2.05, 4.69) is 4.98 Å². The van der Waals surface area contributed by atoms with Gasteiger partial charge >= 0.3 is 6.18 Å². The zero-order valence-electron chi connectivity index (χ0n) is 14.6. The first-order valence-electron chi connectivity index (χ1n) is 8.68. The molecule has 0 bridgehead atoms. The van der Waals surface area contributed by atoms with Crippen molar-refractivity contribution >= 4 is 16.4 Å². The first-order chi connectivity index (χ1) is 12.9. The molecule has 0 unspecified atom stereocenters. The summed E-state index contributed by atoms with van der Waals surface area (Å²) >= 11 is 0. The fourth-order valence-electron chi connectivity index (χ4n) is 3.59. The van der Waals surface area contributed by atoms with Crippen LogP contribution in [-0.2, 0) is 19.0 Å². The van der Waals surface area contributed by atoms with Gasteiger partial charge in [0.2, 0.25) is 0 Å². The number of hydrogen-bond acceptors (Lipinski definition) is 1. The lowest BCUT2D eigenvalue weighted by Gasteiger charge is -2.07. The summed E-state index contributed by atoms with van der Waals surface area (Å²) in [4.78, 5) is 15.6. The number of alkyl halides is 3. The highest BCUT2D eigenvalue weighted by molar-refractivity contribution is 5.92. The van der Waals surface area contributed by atoms with E-state index >= 15 is 0 Å². The highest BCUT2D eigenvalue weighted by Gasteiger charge is 2.31. The Morgan fingerprint density at radius 1 is 1.07 bits per heavy atom. The minimum Gasteiger partial charge on any atom is -0.323 e. The van der Waals surface area contributed by atoms with Gasteiger partial charge in [-0.05, 0) is 35.7 Å². The molecule has 0 aliphatic heterocycles. The summed E-state index contributed by atoms with van der Waals surface area (Å²) in [5.41, 5.74) is 2.39. The molecule has 2 aromatic carbocycles. The lowest BCUT2D eigenvalue weighted by Crippen LogP contribution is -2.13. The Balaban J connectivity index is 1.96. The van der Waals surface area contributed by atoms with Crippen LogP contribution in [-0.4, -0.2) is 9.38 Å². The highest BCUT2D eigenvalue weighted by atomic mass is 19.4. The van der Waals surface area contributed by atoms with E-state index in [1.807, 2.05) is 37.3 Å². The van der Waals surface area contributed by atoms with Crippen molar-refractivity contribution in [1.29, 1.82) is 0 Å². The molecule has 0 saturated heterocycles. The molecular weight excluding hydrogens is 353 g/mol. The predicted octanol–water partition coefficient (Wildman–Crippen LogP) is 4.95. The quantitative estimate of drug-likeness (QED) is 0.544. The van der Waals surface area contributed by atoms with Crippen molar-refractivity contribution in [3.8, 4) is 0 Å². The average Bonchev–Trinajstić information content (AvgIpc) is 2.95. The van der Waals surface area contributed by atoms with Gasteiger partial charge < -0.3 is 9.38 Å². The van der Waals surface area contributed by atoms with E-state index in [-0.39, 0.29) is 5.56 Å². The predicted molar refractivity (Wildman–Crippen MR) is 99.2 cm³/mol. The summed E-state index contributed by atoms with van der Waals surface area (Å²) in [6.45, 7) is 1.84. The number of fused-ring (bicyclic) bond motifs is 3. The molecular formula is C21H17F3N2O. The Labute approximate surface area is 153 Å². The molecule has 3 nitrogen and oxygen atoms in total. The molecule has 0 aliphatic carbocycles. The number of aryl methyl sites for hydroxylation is 1. The molecule has 4 aromatic rings. The van der Waals surface area contributed by atoms with Gasteiger partial charge in [0.25, 0.3) is 5.56 Å². The van der Waals surface area contributed by atoms with E-state index in [9.17, 15) is 18.0 Å². The average molecular weight is 370 g/mol. The minimum atomic E-state index is -4.42. The standard InChI is InChI=1S/C21H17F3N2O/c1-2-16-17-11-14(21(22,23)24)8-9-18(17)26-12-15(25-20(27)19(16)26)10-13-6-4-3-5-7-13/h3-9,11-12H,2,10H2,1H3,(H,25,27). The fourth-order valence-corrected chi connectivity index (χ4v) is 3.59. The Morgan fingerprint density at radius 3 is 2.48 bits per heavy atom. The molecule has 2 aromatic heterocycles. The van der Waals surface area contributed by atoms with Gasteiger partial charge in [-0.2, -0.15) is 13.2 Å². The maximum absolute atomic E-state index is 13.1. The monoisotopic (exact) mass is 370 g/mol. The van der Waals surface area contributed by atoms with Gasteiger partial charge in [-0.15, -0.1) is 0 Å². The van der Waals surface area contributed by atoms with Crippen LogP contribution in [0.15, 0.2) is 59.5 Å². The van der Waals surface area contributed by atoms with Crippen molar-refractivity contribution in [1.82, 2.24) is 9.38 Å². The first-order valence-corrected chi connectivity index (χ1v) is 8.68. The third kappa shape index (κ3) is 3.01. The van der Waals surface area contributed by atoms with E-state index < -0.39 is 11.7 Å². The summed E-state index contributed by atoms with van der Waals surface area (Å²) < 4.78 is 41.1. The molecule has 0 fully saturated rings. The number of halogens is 3. The Hall–Kier alpha value is -3.02. The number of aromatic nitrogens is 2. The van der Waals surface area contributed by atoms with Crippen molar-refractivity contribution in [3.05, 3.63) is 87.5 Å². The zero-order chi connectivity index (χ0) is 19.2. The lowest BCUT2D eigenvalue weighted by molar-refractivity contribution is -0.137. The Morgan fingerprint density at radius 2 is 1.81 bits per heavy atom. The first kappa shape index (κ1) is 17.4.